The van der Waals surface area contributed by atoms with Crippen LogP contribution in [0.25, 0.3) is 10.1 Å². The molecule has 4 rings (SSSR count). The van der Waals surface area contributed by atoms with Gasteiger partial charge < -0.3 is 5.32 Å². The van der Waals surface area contributed by atoms with E-state index in [1.54, 1.807) is 41.7 Å². The molecule has 1 atom stereocenters. The van der Waals surface area contributed by atoms with Gasteiger partial charge in [-0.1, -0.05) is 36.4 Å². The van der Waals surface area contributed by atoms with Gasteiger partial charge in [-0.2, -0.15) is 4.31 Å². The third kappa shape index (κ3) is 3.70. The minimum absolute atomic E-state index is 0.212. The molecule has 7 heteroatoms. The maximum absolute atomic E-state index is 12.9. The molecule has 2 aromatic carbocycles. The zero-order valence-electron chi connectivity index (χ0n) is 15.4. The first-order valence-electron chi connectivity index (χ1n) is 9.37. The van der Waals surface area contributed by atoms with Crippen molar-refractivity contribution in [3.63, 3.8) is 0 Å². The van der Waals surface area contributed by atoms with E-state index in [-0.39, 0.29) is 10.8 Å². The molecule has 1 fully saturated rings. The van der Waals surface area contributed by atoms with Crippen LogP contribution in [0.5, 0.6) is 0 Å². The summed E-state index contributed by atoms with van der Waals surface area (Å²) in [5.74, 6) is -0.212. The molecule has 0 spiro atoms. The number of amides is 1. The number of fused-ring (bicyclic) bond motifs is 1. The Labute approximate surface area is 169 Å². The molecule has 0 aliphatic carbocycles. The van der Waals surface area contributed by atoms with Crippen molar-refractivity contribution in [3.05, 3.63) is 65.5 Å². The van der Waals surface area contributed by atoms with Gasteiger partial charge in [0.25, 0.3) is 0 Å². The molecule has 1 amide bonds. The number of carbonyl (C=O) groups excluding carboxylic acids is 1. The van der Waals surface area contributed by atoms with Crippen molar-refractivity contribution in [2.75, 3.05) is 13.1 Å². The lowest BCUT2D eigenvalue weighted by molar-refractivity contribution is -0.124. The highest BCUT2D eigenvalue weighted by atomic mass is 32.2. The van der Waals surface area contributed by atoms with Crippen LogP contribution in [-0.4, -0.2) is 37.8 Å². The monoisotopic (exact) mass is 414 g/mol. The van der Waals surface area contributed by atoms with Crippen LogP contribution in [0, 0.1) is 0 Å². The number of carbonyl (C=O) groups is 1. The number of thiophene rings is 1. The van der Waals surface area contributed by atoms with Crippen LogP contribution in [0.4, 0.5) is 0 Å². The molecule has 1 saturated heterocycles. The lowest BCUT2D eigenvalue weighted by atomic mass is 10.1. The number of nitrogens with one attached hydrogen (secondary N) is 1. The first-order chi connectivity index (χ1) is 13.6. The second kappa shape index (κ2) is 8.03. The number of hydrogen-bond acceptors (Lipinski definition) is 4. The molecule has 1 aromatic heterocycles. The Morgan fingerprint density at radius 2 is 1.86 bits per heavy atom. The van der Waals surface area contributed by atoms with Gasteiger partial charge in [0.05, 0.1) is 4.90 Å². The second-order valence-corrected chi connectivity index (χ2v) is 9.69. The predicted octanol–water partition coefficient (Wildman–Crippen LogP) is 3.41. The summed E-state index contributed by atoms with van der Waals surface area (Å²) >= 11 is 1.70. The molecule has 1 N–H and O–H groups in total. The Balaban J connectivity index is 1.41. The first-order valence-corrected chi connectivity index (χ1v) is 11.7. The van der Waals surface area contributed by atoms with E-state index < -0.39 is 16.1 Å². The van der Waals surface area contributed by atoms with E-state index in [0.29, 0.717) is 25.9 Å². The zero-order chi connectivity index (χ0) is 19.6. The highest BCUT2D eigenvalue weighted by Gasteiger charge is 2.39. The topological polar surface area (TPSA) is 66.5 Å². The molecule has 2 heterocycles. The SMILES string of the molecule is O=C(NCCc1csc2ccccc12)C1CCCN1S(=O)(=O)c1ccccc1. The van der Waals surface area contributed by atoms with E-state index in [4.69, 9.17) is 0 Å². The molecular formula is C21H22N2O3S2. The fourth-order valence-electron chi connectivity index (χ4n) is 3.68. The van der Waals surface area contributed by atoms with Gasteiger partial charge in [-0.3, -0.25) is 4.79 Å². The molecule has 28 heavy (non-hydrogen) atoms. The summed E-state index contributed by atoms with van der Waals surface area (Å²) in [6.45, 7) is 0.875. The summed E-state index contributed by atoms with van der Waals surface area (Å²) in [4.78, 5) is 12.9. The van der Waals surface area contributed by atoms with Crippen molar-refractivity contribution in [1.82, 2.24) is 9.62 Å². The van der Waals surface area contributed by atoms with Crippen LogP contribution in [0.3, 0.4) is 0 Å². The minimum Gasteiger partial charge on any atom is -0.354 e. The molecular weight excluding hydrogens is 392 g/mol. The predicted molar refractivity (Wildman–Crippen MR) is 112 cm³/mol. The van der Waals surface area contributed by atoms with Crippen molar-refractivity contribution in [1.29, 1.82) is 0 Å². The summed E-state index contributed by atoms with van der Waals surface area (Å²) in [5, 5.41) is 6.28. The molecule has 1 unspecified atom stereocenters. The molecule has 0 bridgehead atoms. The van der Waals surface area contributed by atoms with E-state index in [2.05, 4.69) is 22.8 Å². The van der Waals surface area contributed by atoms with Crippen LogP contribution < -0.4 is 5.32 Å². The van der Waals surface area contributed by atoms with Crippen molar-refractivity contribution < 1.29 is 13.2 Å². The van der Waals surface area contributed by atoms with Gasteiger partial charge in [-0.25, -0.2) is 8.42 Å². The minimum atomic E-state index is -3.66. The van der Waals surface area contributed by atoms with Gasteiger partial charge in [0.1, 0.15) is 6.04 Å². The van der Waals surface area contributed by atoms with Crippen LogP contribution in [-0.2, 0) is 21.2 Å². The molecule has 0 saturated carbocycles. The number of rotatable bonds is 6. The van der Waals surface area contributed by atoms with Crippen molar-refractivity contribution >= 4 is 37.4 Å². The Bertz CT molecular complexity index is 1080. The summed E-state index contributed by atoms with van der Waals surface area (Å²) < 4.78 is 28.4. The lowest BCUT2D eigenvalue weighted by Crippen LogP contribution is -2.46. The summed E-state index contributed by atoms with van der Waals surface area (Å²) in [6.07, 6.45) is 1.98. The normalized spacial score (nSPS) is 17.8. The number of nitrogens with zero attached hydrogens (tertiary/aromatic N) is 1. The van der Waals surface area contributed by atoms with Gasteiger partial charge in [0, 0.05) is 17.8 Å². The van der Waals surface area contributed by atoms with Crippen molar-refractivity contribution in [3.8, 4) is 0 Å². The molecule has 146 valence electrons. The van der Waals surface area contributed by atoms with E-state index in [1.165, 1.54) is 20.0 Å². The summed E-state index contributed by atoms with van der Waals surface area (Å²) in [7, 11) is -3.66. The first kappa shape index (κ1) is 19.1. The van der Waals surface area contributed by atoms with Gasteiger partial charge in [0.2, 0.25) is 15.9 Å². The molecule has 5 nitrogen and oxygen atoms in total. The third-order valence-electron chi connectivity index (χ3n) is 5.11. The second-order valence-electron chi connectivity index (χ2n) is 6.88. The zero-order valence-corrected chi connectivity index (χ0v) is 17.0. The molecule has 1 aliphatic heterocycles. The van der Waals surface area contributed by atoms with Gasteiger partial charge in [0.15, 0.2) is 0 Å². The molecule has 1 aliphatic rings. The van der Waals surface area contributed by atoms with Crippen molar-refractivity contribution in [2.45, 2.75) is 30.2 Å². The highest BCUT2D eigenvalue weighted by molar-refractivity contribution is 7.89. The van der Waals surface area contributed by atoms with E-state index in [1.807, 2.05) is 12.1 Å². The number of sulfonamides is 1. The Morgan fingerprint density at radius 1 is 1.11 bits per heavy atom. The highest BCUT2D eigenvalue weighted by Crippen LogP contribution is 2.27. The average Bonchev–Trinajstić information content (AvgIpc) is 3.37. The van der Waals surface area contributed by atoms with Crippen LogP contribution in [0.1, 0.15) is 18.4 Å². The van der Waals surface area contributed by atoms with Gasteiger partial charge in [-0.15, -0.1) is 11.3 Å². The van der Waals surface area contributed by atoms with Gasteiger partial charge >= 0.3 is 0 Å². The van der Waals surface area contributed by atoms with E-state index in [0.717, 1.165) is 6.42 Å². The molecule has 0 radical (unpaired) electrons. The van der Waals surface area contributed by atoms with Crippen molar-refractivity contribution in [2.24, 2.45) is 0 Å². The average molecular weight is 415 g/mol. The maximum Gasteiger partial charge on any atom is 0.243 e. The van der Waals surface area contributed by atoms with E-state index in [9.17, 15) is 13.2 Å². The van der Waals surface area contributed by atoms with Gasteiger partial charge in [-0.05, 0) is 53.8 Å². The maximum atomic E-state index is 12.9. The largest absolute Gasteiger partial charge is 0.354 e. The van der Waals surface area contributed by atoms with Crippen LogP contribution >= 0.6 is 11.3 Å². The summed E-state index contributed by atoms with van der Waals surface area (Å²) in [5.41, 5.74) is 1.21. The quantitative estimate of drug-likeness (QED) is 0.672. The summed E-state index contributed by atoms with van der Waals surface area (Å²) in [6, 6.07) is 15.9. The standard InChI is InChI=1S/C21H22N2O3S2/c24-21(22-13-12-16-15-27-20-11-5-4-9-18(16)20)19-10-6-14-23(19)28(25,26)17-7-2-1-3-8-17/h1-5,7-9,11,15,19H,6,10,12-14H2,(H,22,24). The van der Waals surface area contributed by atoms with E-state index >= 15 is 0 Å². The fraction of sp³-hybridized carbons (Fsp3) is 0.286. The van der Waals surface area contributed by atoms with Crippen LogP contribution in [0.15, 0.2) is 64.9 Å². The number of benzene rings is 2. The fourth-order valence-corrected chi connectivity index (χ4v) is 6.36. The third-order valence-corrected chi connectivity index (χ3v) is 8.05. The number of hydrogen-bond donors (Lipinski definition) is 1. The lowest BCUT2D eigenvalue weighted by Gasteiger charge is -2.23. The van der Waals surface area contributed by atoms with Crippen LogP contribution in [0.2, 0.25) is 0 Å². The smallest absolute Gasteiger partial charge is 0.243 e. The molecule has 3 aromatic rings. The Kier molecular flexibility index (Phi) is 5.48. The Morgan fingerprint density at radius 3 is 2.68 bits per heavy atom. The Hall–Kier alpha value is -2.22.